The largest absolute Gasteiger partial charge is 0.355 e. The molecule has 1 fully saturated rings. The second-order valence-electron chi connectivity index (χ2n) is 5.01. The van der Waals surface area contributed by atoms with Crippen molar-refractivity contribution in [1.82, 2.24) is 16.0 Å². The fourth-order valence-electron chi connectivity index (χ4n) is 1.99. The summed E-state index contributed by atoms with van der Waals surface area (Å²) in [5.74, 6) is 0.459. The van der Waals surface area contributed by atoms with E-state index < -0.39 is 0 Å². The highest BCUT2D eigenvalue weighted by atomic mass is 16.2. The summed E-state index contributed by atoms with van der Waals surface area (Å²) in [6.07, 6.45) is 0.346. The number of amides is 2. The highest BCUT2D eigenvalue weighted by molar-refractivity contribution is 5.81. The van der Waals surface area contributed by atoms with Crippen molar-refractivity contribution in [2.75, 3.05) is 19.6 Å². The Morgan fingerprint density at radius 3 is 2.59 bits per heavy atom. The summed E-state index contributed by atoms with van der Waals surface area (Å²) in [6, 6.07) is 0.150. The predicted molar refractivity (Wildman–Crippen MR) is 66.4 cm³/mol. The third kappa shape index (κ3) is 4.73. The molecule has 2 atom stereocenters. The molecule has 1 rings (SSSR count). The first-order valence-corrected chi connectivity index (χ1v) is 6.28. The molecule has 0 aliphatic carbocycles. The molecule has 17 heavy (non-hydrogen) atoms. The Kier molecular flexibility index (Phi) is 5.41. The first-order valence-electron chi connectivity index (χ1n) is 6.28. The molecule has 1 aliphatic rings. The first kappa shape index (κ1) is 14.0. The van der Waals surface area contributed by atoms with Gasteiger partial charge in [0, 0.05) is 25.6 Å². The molecule has 0 saturated carbocycles. The lowest BCUT2D eigenvalue weighted by atomic mass is 9.97. The van der Waals surface area contributed by atoms with Gasteiger partial charge in [0.05, 0.1) is 5.92 Å². The van der Waals surface area contributed by atoms with E-state index in [2.05, 4.69) is 22.9 Å². The summed E-state index contributed by atoms with van der Waals surface area (Å²) in [7, 11) is 0. The van der Waals surface area contributed by atoms with Gasteiger partial charge < -0.3 is 16.0 Å². The predicted octanol–water partition coefficient (Wildman–Crippen LogP) is -0.127. The fourth-order valence-corrected chi connectivity index (χ4v) is 1.99. The molecule has 1 heterocycles. The van der Waals surface area contributed by atoms with Crippen LogP contribution in [0.3, 0.4) is 0 Å². The SMILES string of the molecule is CC(C)NC(=O)CCNC(=O)C1CNCC1C. The zero-order chi connectivity index (χ0) is 12.8. The van der Waals surface area contributed by atoms with E-state index in [1.165, 1.54) is 0 Å². The van der Waals surface area contributed by atoms with Gasteiger partial charge in [0.25, 0.3) is 0 Å². The van der Waals surface area contributed by atoms with E-state index in [0.29, 0.717) is 18.9 Å². The van der Waals surface area contributed by atoms with E-state index in [0.717, 1.165) is 13.1 Å². The number of carbonyl (C=O) groups is 2. The Labute approximate surface area is 103 Å². The number of carbonyl (C=O) groups excluding carboxylic acids is 2. The van der Waals surface area contributed by atoms with Crippen molar-refractivity contribution in [2.45, 2.75) is 33.2 Å². The van der Waals surface area contributed by atoms with Gasteiger partial charge >= 0.3 is 0 Å². The average molecular weight is 241 g/mol. The van der Waals surface area contributed by atoms with Crippen LogP contribution < -0.4 is 16.0 Å². The fraction of sp³-hybridized carbons (Fsp3) is 0.833. The molecule has 2 amide bonds. The molecule has 1 saturated heterocycles. The van der Waals surface area contributed by atoms with Gasteiger partial charge in [0.2, 0.25) is 11.8 Å². The van der Waals surface area contributed by atoms with Crippen molar-refractivity contribution in [2.24, 2.45) is 11.8 Å². The van der Waals surface area contributed by atoms with Gasteiger partial charge in [-0.05, 0) is 26.3 Å². The van der Waals surface area contributed by atoms with Crippen LogP contribution in [0, 0.1) is 11.8 Å². The van der Waals surface area contributed by atoms with Gasteiger partial charge in [-0.1, -0.05) is 6.92 Å². The molecule has 2 unspecified atom stereocenters. The van der Waals surface area contributed by atoms with Crippen LogP contribution in [-0.4, -0.2) is 37.5 Å². The molecule has 1 aliphatic heterocycles. The average Bonchev–Trinajstić information content (AvgIpc) is 2.63. The molecule has 0 bridgehead atoms. The summed E-state index contributed by atoms with van der Waals surface area (Å²) >= 11 is 0. The normalized spacial score (nSPS) is 23.8. The molecule has 0 aromatic heterocycles. The third-order valence-corrected chi connectivity index (χ3v) is 2.96. The first-order chi connectivity index (χ1) is 8.00. The molecule has 0 radical (unpaired) electrons. The molecule has 0 aromatic rings. The maximum absolute atomic E-state index is 11.8. The monoisotopic (exact) mass is 241 g/mol. The minimum Gasteiger partial charge on any atom is -0.355 e. The van der Waals surface area contributed by atoms with E-state index in [1.807, 2.05) is 13.8 Å². The lowest BCUT2D eigenvalue weighted by Gasteiger charge is -2.14. The van der Waals surface area contributed by atoms with Crippen LogP contribution in [0.5, 0.6) is 0 Å². The third-order valence-electron chi connectivity index (χ3n) is 2.96. The standard InChI is InChI=1S/C12H23N3O2/c1-8(2)15-11(16)4-5-14-12(17)10-7-13-6-9(10)3/h8-10,13H,4-7H2,1-3H3,(H,14,17)(H,15,16). The van der Waals surface area contributed by atoms with Crippen LogP contribution in [0.4, 0.5) is 0 Å². The van der Waals surface area contributed by atoms with Crippen molar-refractivity contribution in [3.63, 3.8) is 0 Å². The van der Waals surface area contributed by atoms with E-state index in [-0.39, 0.29) is 23.8 Å². The number of nitrogens with one attached hydrogen (secondary N) is 3. The maximum Gasteiger partial charge on any atom is 0.224 e. The Hall–Kier alpha value is -1.10. The quantitative estimate of drug-likeness (QED) is 0.628. The van der Waals surface area contributed by atoms with Crippen molar-refractivity contribution in [1.29, 1.82) is 0 Å². The Bertz CT molecular complexity index is 279. The summed E-state index contributed by atoms with van der Waals surface area (Å²) in [5, 5.41) is 8.80. The van der Waals surface area contributed by atoms with Crippen LogP contribution in [0.25, 0.3) is 0 Å². The molecule has 0 aromatic carbocycles. The summed E-state index contributed by atoms with van der Waals surface area (Å²) < 4.78 is 0. The van der Waals surface area contributed by atoms with Crippen molar-refractivity contribution >= 4 is 11.8 Å². The van der Waals surface area contributed by atoms with Gasteiger partial charge in [0.15, 0.2) is 0 Å². The van der Waals surface area contributed by atoms with E-state index >= 15 is 0 Å². The van der Waals surface area contributed by atoms with Crippen molar-refractivity contribution in [3.05, 3.63) is 0 Å². The van der Waals surface area contributed by atoms with E-state index in [4.69, 9.17) is 0 Å². The van der Waals surface area contributed by atoms with Crippen molar-refractivity contribution in [3.8, 4) is 0 Å². The van der Waals surface area contributed by atoms with Crippen molar-refractivity contribution < 1.29 is 9.59 Å². The summed E-state index contributed by atoms with van der Waals surface area (Å²) in [5.41, 5.74) is 0. The number of hydrogen-bond donors (Lipinski definition) is 3. The van der Waals surface area contributed by atoms with Gasteiger partial charge in [-0.3, -0.25) is 9.59 Å². The Morgan fingerprint density at radius 2 is 2.06 bits per heavy atom. The topological polar surface area (TPSA) is 70.2 Å². The smallest absolute Gasteiger partial charge is 0.224 e. The van der Waals surface area contributed by atoms with Gasteiger partial charge in [-0.15, -0.1) is 0 Å². The molecule has 3 N–H and O–H groups in total. The van der Waals surface area contributed by atoms with E-state index in [9.17, 15) is 9.59 Å². The minimum atomic E-state index is -0.0158. The number of hydrogen-bond acceptors (Lipinski definition) is 3. The molecular weight excluding hydrogens is 218 g/mol. The summed E-state index contributed by atoms with van der Waals surface area (Å²) in [4.78, 5) is 23.1. The maximum atomic E-state index is 11.8. The van der Waals surface area contributed by atoms with Gasteiger partial charge in [0.1, 0.15) is 0 Å². The highest BCUT2D eigenvalue weighted by Crippen LogP contribution is 2.15. The molecular formula is C12H23N3O2. The van der Waals surface area contributed by atoms with Gasteiger partial charge in [-0.2, -0.15) is 0 Å². The van der Waals surface area contributed by atoms with E-state index in [1.54, 1.807) is 0 Å². The second-order valence-corrected chi connectivity index (χ2v) is 5.01. The highest BCUT2D eigenvalue weighted by Gasteiger charge is 2.29. The lowest BCUT2D eigenvalue weighted by Crippen LogP contribution is -2.38. The minimum absolute atomic E-state index is 0.0158. The summed E-state index contributed by atoms with van der Waals surface area (Å²) in [6.45, 7) is 7.96. The molecule has 5 heteroatoms. The molecule has 5 nitrogen and oxygen atoms in total. The second kappa shape index (κ2) is 6.59. The molecule has 0 spiro atoms. The lowest BCUT2D eigenvalue weighted by molar-refractivity contribution is -0.125. The zero-order valence-electron chi connectivity index (χ0n) is 10.9. The zero-order valence-corrected chi connectivity index (χ0v) is 10.9. The van der Waals surface area contributed by atoms with Crippen LogP contribution in [0.15, 0.2) is 0 Å². The van der Waals surface area contributed by atoms with Crippen LogP contribution in [0.1, 0.15) is 27.2 Å². The Morgan fingerprint density at radius 1 is 1.35 bits per heavy atom. The Balaban J connectivity index is 2.18. The van der Waals surface area contributed by atoms with Crippen LogP contribution in [0.2, 0.25) is 0 Å². The number of rotatable bonds is 5. The van der Waals surface area contributed by atoms with Gasteiger partial charge in [-0.25, -0.2) is 0 Å². The van der Waals surface area contributed by atoms with Crippen LogP contribution in [-0.2, 0) is 9.59 Å². The molecule has 98 valence electrons. The van der Waals surface area contributed by atoms with Crippen LogP contribution >= 0.6 is 0 Å².